The summed E-state index contributed by atoms with van der Waals surface area (Å²) in [6.45, 7) is 0.843. The van der Waals surface area contributed by atoms with Gasteiger partial charge in [-0.3, -0.25) is 0 Å². The van der Waals surface area contributed by atoms with E-state index in [1.165, 1.54) is 0 Å². The molecule has 56 valence electrons. The van der Waals surface area contributed by atoms with Crippen molar-refractivity contribution < 1.29 is 22.9 Å². The molecule has 0 unspecified atom stereocenters. The van der Waals surface area contributed by atoms with Crippen LogP contribution in [0.2, 0.25) is 0 Å². The number of carbonyl (C=O) groups excluding carboxylic acids is 1. The minimum atomic E-state index is -2.60. The molecule has 0 aromatic carbocycles. The van der Waals surface area contributed by atoms with Crippen molar-refractivity contribution in [3.63, 3.8) is 0 Å². The van der Waals surface area contributed by atoms with Gasteiger partial charge in [0.15, 0.2) is 0 Å². The summed E-state index contributed by atoms with van der Waals surface area (Å²) in [5.74, 6) is -0.407. The molecule has 2 heterocycles. The van der Waals surface area contributed by atoms with Gasteiger partial charge in [0, 0.05) is 0 Å². The summed E-state index contributed by atoms with van der Waals surface area (Å²) in [4.78, 5) is 10.5. The second-order valence-electron chi connectivity index (χ2n) is 1.85. The molecular weight excluding hydrogens is 159 g/mol. The Bertz CT molecular complexity index is 163. The lowest BCUT2D eigenvalue weighted by Gasteiger charge is -2.00. The van der Waals surface area contributed by atoms with Crippen molar-refractivity contribution >= 4 is 14.1 Å². The van der Waals surface area contributed by atoms with Gasteiger partial charge in [-0.2, -0.15) is 0 Å². The summed E-state index contributed by atoms with van der Waals surface area (Å²) < 4.78 is 19.6. The van der Waals surface area contributed by atoms with Crippen molar-refractivity contribution in [2.75, 3.05) is 19.8 Å². The highest BCUT2D eigenvalue weighted by atomic mass is 31.2. The first-order valence-corrected chi connectivity index (χ1v) is 4.32. The maximum absolute atomic E-state index is 10.5. The SMILES string of the molecule is O=C1CO[P+]2(OCCO2)O1. The Labute approximate surface area is 57.9 Å². The molecule has 0 aliphatic carbocycles. The minimum absolute atomic E-state index is 0.0478. The molecule has 0 N–H and O–H groups in total. The van der Waals surface area contributed by atoms with Gasteiger partial charge in [-0.25, -0.2) is 9.32 Å². The molecule has 0 atom stereocenters. The third-order valence-corrected chi connectivity index (χ3v) is 3.01. The molecule has 0 bridgehead atoms. The van der Waals surface area contributed by atoms with E-state index in [1.807, 2.05) is 0 Å². The van der Waals surface area contributed by atoms with Crippen molar-refractivity contribution in [1.29, 1.82) is 0 Å². The van der Waals surface area contributed by atoms with E-state index in [2.05, 4.69) is 0 Å². The third kappa shape index (κ3) is 0.914. The Morgan fingerprint density at radius 3 is 2.40 bits per heavy atom. The Morgan fingerprint density at radius 2 is 1.90 bits per heavy atom. The standard InChI is InChI=1S/C4H6O5P/c5-4-3-8-10(9-4)6-1-2-7-10/h1-3H2/q+1. The maximum atomic E-state index is 10.5. The van der Waals surface area contributed by atoms with E-state index >= 15 is 0 Å². The van der Waals surface area contributed by atoms with Crippen LogP contribution in [0.1, 0.15) is 0 Å². The maximum Gasteiger partial charge on any atom is 0.625 e. The molecule has 6 heteroatoms. The number of rotatable bonds is 0. The minimum Gasteiger partial charge on any atom is -0.244 e. The smallest absolute Gasteiger partial charge is 0.244 e. The van der Waals surface area contributed by atoms with Crippen LogP contribution in [-0.2, 0) is 22.9 Å². The monoisotopic (exact) mass is 165 g/mol. The van der Waals surface area contributed by atoms with Crippen LogP contribution >= 0.6 is 8.17 Å². The van der Waals surface area contributed by atoms with Crippen LogP contribution in [0.4, 0.5) is 0 Å². The topological polar surface area (TPSA) is 54.0 Å². The zero-order valence-corrected chi connectivity index (χ0v) is 6.00. The molecule has 5 nitrogen and oxygen atoms in total. The first kappa shape index (κ1) is 6.49. The fraction of sp³-hybridized carbons (Fsp3) is 0.750. The molecule has 0 radical (unpaired) electrons. The molecule has 2 fully saturated rings. The van der Waals surface area contributed by atoms with E-state index in [1.54, 1.807) is 0 Å². The zero-order chi connectivity index (χ0) is 7.03. The number of hydrogen-bond acceptors (Lipinski definition) is 5. The summed E-state index contributed by atoms with van der Waals surface area (Å²) in [5, 5.41) is 0. The highest BCUT2D eigenvalue weighted by Crippen LogP contribution is 2.68. The molecule has 2 aliphatic rings. The van der Waals surface area contributed by atoms with E-state index < -0.39 is 14.1 Å². The Balaban J connectivity index is 2.09. The van der Waals surface area contributed by atoms with Crippen LogP contribution in [0.3, 0.4) is 0 Å². The normalized spacial score (nSPS) is 29.4. The summed E-state index contributed by atoms with van der Waals surface area (Å²) in [7, 11) is -2.60. The highest BCUT2D eigenvalue weighted by molar-refractivity contribution is 7.57. The summed E-state index contributed by atoms with van der Waals surface area (Å²) in [6.07, 6.45) is 0. The fourth-order valence-corrected chi connectivity index (χ4v) is 2.32. The molecule has 0 aromatic rings. The average molecular weight is 165 g/mol. The Hall–Kier alpha value is -0.220. The lowest BCUT2D eigenvalue weighted by atomic mass is 10.8. The summed E-state index contributed by atoms with van der Waals surface area (Å²) >= 11 is 0. The predicted octanol–water partition coefficient (Wildman–Crippen LogP) is 0.284. The second-order valence-corrected chi connectivity index (χ2v) is 3.70. The van der Waals surface area contributed by atoms with Crippen LogP contribution in [0.5, 0.6) is 0 Å². The van der Waals surface area contributed by atoms with E-state index in [9.17, 15) is 4.79 Å². The molecule has 1 spiro atoms. The average Bonchev–Trinajstić information content (AvgIpc) is 2.46. The molecule has 0 amide bonds. The molecular formula is C4H6O5P+. The van der Waals surface area contributed by atoms with Gasteiger partial charge in [-0.1, -0.05) is 0 Å². The fourth-order valence-electron chi connectivity index (χ4n) is 0.772. The van der Waals surface area contributed by atoms with E-state index in [0.29, 0.717) is 13.2 Å². The van der Waals surface area contributed by atoms with Crippen molar-refractivity contribution in [2.24, 2.45) is 0 Å². The van der Waals surface area contributed by atoms with E-state index in [-0.39, 0.29) is 6.61 Å². The van der Waals surface area contributed by atoms with Crippen LogP contribution < -0.4 is 0 Å². The van der Waals surface area contributed by atoms with Gasteiger partial charge in [-0.05, 0) is 0 Å². The number of hydrogen-bond donors (Lipinski definition) is 0. The van der Waals surface area contributed by atoms with Crippen molar-refractivity contribution in [3.05, 3.63) is 0 Å². The van der Waals surface area contributed by atoms with Crippen molar-refractivity contribution in [3.8, 4) is 0 Å². The molecule has 2 saturated heterocycles. The van der Waals surface area contributed by atoms with Gasteiger partial charge in [-0.15, -0.1) is 13.6 Å². The quantitative estimate of drug-likeness (QED) is 0.482. The second kappa shape index (κ2) is 2.13. The van der Waals surface area contributed by atoms with Gasteiger partial charge < -0.3 is 0 Å². The van der Waals surface area contributed by atoms with Gasteiger partial charge in [0.1, 0.15) is 13.2 Å². The molecule has 0 aromatic heterocycles. The van der Waals surface area contributed by atoms with Crippen LogP contribution in [0.25, 0.3) is 0 Å². The summed E-state index contributed by atoms with van der Waals surface area (Å²) in [5.41, 5.74) is 0. The first-order chi connectivity index (χ1) is 4.81. The lowest BCUT2D eigenvalue weighted by Crippen LogP contribution is -1.95. The Kier molecular flexibility index (Phi) is 1.38. The largest absolute Gasteiger partial charge is 0.625 e. The van der Waals surface area contributed by atoms with Gasteiger partial charge in [0.2, 0.25) is 6.61 Å². The zero-order valence-electron chi connectivity index (χ0n) is 5.11. The molecule has 10 heavy (non-hydrogen) atoms. The van der Waals surface area contributed by atoms with Crippen LogP contribution in [-0.4, -0.2) is 25.8 Å². The molecule has 2 rings (SSSR count). The van der Waals surface area contributed by atoms with Crippen molar-refractivity contribution in [1.82, 2.24) is 0 Å². The van der Waals surface area contributed by atoms with E-state index in [4.69, 9.17) is 18.1 Å². The predicted molar refractivity (Wildman–Crippen MR) is 30.9 cm³/mol. The van der Waals surface area contributed by atoms with Crippen LogP contribution in [0, 0.1) is 0 Å². The third-order valence-electron chi connectivity index (χ3n) is 1.14. The highest BCUT2D eigenvalue weighted by Gasteiger charge is 2.61. The van der Waals surface area contributed by atoms with Gasteiger partial charge in [0.05, 0.1) is 0 Å². The van der Waals surface area contributed by atoms with Gasteiger partial charge >= 0.3 is 14.1 Å². The van der Waals surface area contributed by atoms with Crippen molar-refractivity contribution in [2.45, 2.75) is 0 Å². The molecule has 2 aliphatic heterocycles. The van der Waals surface area contributed by atoms with Crippen LogP contribution in [0.15, 0.2) is 0 Å². The van der Waals surface area contributed by atoms with Gasteiger partial charge in [0.25, 0.3) is 0 Å². The lowest BCUT2D eigenvalue weighted by molar-refractivity contribution is -0.132. The Morgan fingerprint density at radius 1 is 1.20 bits per heavy atom. The molecule has 0 saturated carbocycles. The summed E-state index contributed by atoms with van der Waals surface area (Å²) in [6, 6.07) is 0. The number of carbonyl (C=O) groups is 1. The van der Waals surface area contributed by atoms with E-state index in [0.717, 1.165) is 0 Å². The first-order valence-electron chi connectivity index (χ1n) is 2.86.